The molecule has 0 aliphatic rings. The van der Waals surface area contributed by atoms with Gasteiger partial charge in [0, 0.05) is 18.2 Å². The van der Waals surface area contributed by atoms with Gasteiger partial charge < -0.3 is 15.2 Å². The van der Waals surface area contributed by atoms with Crippen molar-refractivity contribution in [2.24, 2.45) is 0 Å². The van der Waals surface area contributed by atoms with Gasteiger partial charge in [0.25, 0.3) is 5.91 Å². The fourth-order valence-corrected chi connectivity index (χ4v) is 1.32. The molecule has 0 saturated heterocycles. The van der Waals surface area contributed by atoms with E-state index in [9.17, 15) is 14.3 Å². The molecule has 0 spiro atoms. The lowest BCUT2D eigenvalue weighted by Crippen LogP contribution is -2.28. The Bertz CT molecular complexity index is 432. The third kappa shape index (κ3) is 4.18. The van der Waals surface area contributed by atoms with Crippen LogP contribution in [0.15, 0.2) is 30.9 Å². The Balaban J connectivity index is 2.56. The maximum absolute atomic E-state index is 13.5. The van der Waals surface area contributed by atoms with Gasteiger partial charge in [-0.05, 0) is 19.1 Å². The Morgan fingerprint density at radius 2 is 2.39 bits per heavy atom. The zero-order chi connectivity index (χ0) is 13.5. The van der Waals surface area contributed by atoms with Gasteiger partial charge in [-0.25, -0.2) is 4.39 Å². The van der Waals surface area contributed by atoms with Crippen LogP contribution in [0.2, 0.25) is 0 Å². The first-order valence-corrected chi connectivity index (χ1v) is 5.52. The van der Waals surface area contributed by atoms with E-state index in [0.29, 0.717) is 6.54 Å². The lowest BCUT2D eigenvalue weighted by Gasteiger charge is -2.09. The summed E-state index contributed by atoms with van der Waals surface area (Å²) in [5.74, 6) is -0.630. The van der Waals surface area contributed by atoms with E-state index < -0.39 is 11.9 Å². The van der Waals surface area contributed by atoms with Crippen LogP contribution in [-0.2, 0) is 4.79 Å². The fourth-order valence-electron chi connectivity index (χ4n) is 1.32. The van der Waals surface area contributed by atoms with Crippen LogP contribution in [0, 0.1) is 5.82 Å². The summed E-state index contributed by atoms with van der Waals surface area (Å²) in [6, 6.07) is 4.08. The van der Waals surface area contributed by atoms with E-state index in [2.05, 4.69) is 11.9 Å². The number of carbonyl (C=O) groups excluding carboxylic acids is 1. The zero-order valence-corrected chi connectivity index (χ0v) is 10.1. The standard InChI is InChI=1S/C13H16FNO3/c1-3-6-15-13(17)8-18-10-4-5-11(9(2)16)12(14)7-10/h3-5,7,9,16H,1,6,8H2,2H3,(H,15,17)/t9-/m0/s1. The number of carbonyl (C=O) groups is 1. The van der Waals surface area contributed by atoms with Crippen LogP contribution in [0.25, 0.3) is 0 Å². The lowest BCUT2D eigenvalue weighted by atomic mass is 10.1. The molecular weight excluding hydrogens is 237 g/mol. The minimum Gasteiger partial charge on any atom is -0.484 e. The molecule has 1 amide bonds. The fraction of sp³-hybridized carbons (Fsp3) is 0.308. The molecule has 18 heavy (non-hydrogen) atoms. The summed E-state index contributed by atoms with van der Waals surface area (Å²) in [7, 11) is 0. The Morgan fingerprint density at radius 3 is 2.94 bits per heavy atom. The van der Waals surface area contributed by atoms with E-state index in [1.807, 2.05) is 0 Å². The van der Waals surface area contributed by atoms with Crippen LogP contribution in [0.3, 0.4) is 0 Å². The molecule has 0 unspecified atom stereocenters. The van der Waals surface area contributed by atoms with Gasteiger partial charge in [-0.1, -0.05) is 6.08 Å². The second-order valence-corrected chi connectivity index (χ2v) is 3.74. The molecule has 0 heterocycles. The zero-order valence-electron chi connectivity index (χ0n) is 10.1. The van der Waals surface area contributed by atoms with E-state index in [-0.39, 0.29) is 23.8 Å². The van der Waals surface area contributed by atoms with Crippen LogP contribution < -0.4 is 10.1 Å². The molecule has 0 bridgehead atoms. The number of hydrogen-bond acceptors (Lipinski definition) is 3. The van der Waals surface area contributed by atoms with Crippen LogP contribution in [0.5, 0.6) is 5.75 Å². The molecule has 0 aromatic heterocycles. The molecule has 5 heteroatoms. The summed E-state index contributed by atoms with van der Waals surface area (Å²) in [6.45, 7) is 5.10. The summed E-state index contributed by atoms with van der Waals surface area (Å²) in [5.41, 5.74) is 0.193. The number of aliphatic hydroxyl groups excluding tert-OH is 1. The minimum atomic E-state index is -0.880. The average Bonchev–Trinajstić information content (AvgIpc) is 2.33. The van der Waals surface area contributed by atoms with E-state index in [1.54, 1.807) is 6.08 Å². The number of ether oxygens (including phenoxy) is 1. The van der Waals surface area contributed by atoms with Crippen molar-refractivity contribution in [2.45, 2.75) is 13.0 Å². The largest absolute Gasteiger partial charge is 0.484 e. The number of nitrogens with one attached hydrogen (secondary N) is 1. The third-order valence-corrected chi connectivity index (χ3v) is 2.24. The molecule has 0 aliphatic heterocycles. The SMILES string of the molecule is C=CCNC(=O)COc1ccc([C@H](C)O)c(F)c1. The van der Waals surface area contributed by atoms with Crippen LogP contribution in [-0.4, -0.2) is 24.2 Å². The van der Waals surface area contributed by atoms with Gasteiger partial charge in [0.15, 0.2) is 6.61 Å². The topological polar surface area (TPSA) is 58.6 Å². The maximum atomic E-state index is 13.5. The Kier molecular flexibility index (Phi) is 5.32. The van der Waals surface area contributed by atoms with Crippen molar-refractivity contribution in [2.75, 3.05) is 13.2 Å². The molecule has 2 N–H and O–H groups in total. The molecular formula is C13H16FNO3. The third-order valence-electron chi connectivity index (χ3n) is 2.24. The van der Waals surface area contributed by atoms with Gasteiger partial charge >= 0.3 is 0 Å². The first kappa shape index (κ1) is 14.2. The van der Waals surface area contributed by atoms with E-state index >= 15 is 0 Å². The number of hydrogen-bond donors (Lipinski definition) is 2. The highest BCUT2D eigenvalue weighted by Gasteiger charge is 2.09. The summed E-state index contributed by atoms with van der Waals surface area (Å²) in [4.78, 5) is 11.2. The highest BCUT2D eigenvalue weighted by atomic mass is 19.1. The molecule has 1 aromatic rings. The number of amides is 1. The van der Waals surface area contributed by atoms with Crippen molar-refractivity contribution >= 4 is 5.91 Å². The highest BCUT2D eigenvalue weighted by Crippen LogP contribution is 2.21. The summed E-state index contributed by atoms with van der Waals surface area (Å²) < 4.78 is 18.6. The Labute approximate surface area is 105 Å². The summed E-state index contributed by atoms with van der Waals surface area (Å²) in [5, 5.41) is 11.8. The first-order valence-electron chi connectivity index (χ1n) is 5.52. The normalized spacial score (nSPS) is 11.7. The molecule has 0 aliphatic carbocycles. The maximum Gasteiger partial charge on any atom is 0.258 e. The van der Waals surface area contributed by atoms with Crippen molar-refractivity contribution in [1.29, 1.82) is 0 Å². The quantitative estimate of drug-likeness (QED) is 0.756. The van der Waals surface area contributed by atoms with Crippen molar-refractivity contribution in [1.82, 2.24) is 5.32 Å². The van der Waals surface area contributed by atoms with Crippen molar-refractivity contribution < 1.29 is 19.0 Å². The molecule has 1 atom stereocenters. The molecule has 0 radical (unpaired) electrons. The molecule has 0 saturated carbocycles. The smallest absolute Gasteiger partial charge is 0.258 e. The van der Waals surface area contributed by atoms with Gasteiger partial charge in [-0.15, -0.1) is 6.58 Å². The molecule has 0 fully saturated rings. The number of rotatable bonds is 6. The molecule has 4 nitrogen and oxygen atoms in total. The van der Waals surface area contributed by atoms with Gasteiger partial charge in [0.2, 0.25) is 0 Å². The first-order chi connectivity index (χ1) is 8.54. The van der Waals surface area contributed by atoms with Gasteiger partial charge in [-0.2, -0.15) is 0 Å². The van der Waals surface area contributed by atoms with Crippen LogP contribution in [0.4, 0.5) is 4.39 Å². The molecule has 98 valence electrons. The Hall–Kier alpha value is -1.88. The highest BCUT2D eigenvalue weighted by molar-refractivity contribution is 5.77. The number of halogens is 1. The Morgan fingerprint density at radius 1 is 1.67 bits per heavy atom. The predicted octanol–water partition coefficient (Wildman–Crippen LogP) is 1.56. The van der Waals surface area contributed by atoms with Gasteiger partial charge in [0.1, 0.15) is 11.6 Å². The van der Waals surface area contributed by atoms with Gasteiger partial charge in [-0.3, -0.25) is 4.79 Å². The average molecular weight is 253 g/mol. The monoisotopic (exact) mass is 253 g/mol. The van der Waals surface area contributed by atoms with Crippen molar-refractivity contribution in [3.05, 3.63) is 42.2 Å². The van der Waals surface area contributed by atoms with E-state index in [4.69, 9.17) is 4.74 Å². The van der Waals surface area contributed by atoms with Crippen LogP contribution in [0.1, 0.15) is 18.6 Å². The van der Waals surface area contributed by atoms with Crippen LogP contribution >= 0.6 is 0 Å². The van der Waals surface area contributed by atoms with Gasteiger partial charge in [0.05, 0.1) is 6.10 Å². The van der Waals surface area contributed by atoms with E-state index in [0.717, 1.165) is 6.07 Å². The predicted molar refractivity (Wildman–Crippen MR) is 65.7 cm³/mol. The second-order valence-electron chi connectivity index (χ2n) is 3.74. The number of aliphatic hydroxyl groups is 1. The van der Waals surface area contributed by atoms with E-state index in [1.165, 1.54) is 19.1 Å². The van der Waals surface area contributed by atoms with Crippen molar-refractivity contribution in [3.8, 4) is 5.75 Å². The molecule has 1 aromatic carbocycles. The summed E-state index contributed by atoms with van der Waals surface area (Å²) >= 11 is 0. The molecule has 1 rings (SSSR count). The second kappa shape index (κ2) is 6.76. The lowest BCUT2D eigenvalue weighted by molar-refractivity contribution is -0.122. The minimum absolute atomic E-state index is 0.193. The summed E-state index contributed by atoms with van der Waals surface area (Å²) in [6.07, 6.45) is 0.671. The number of benzene rings is 1. The van der Waals surface area contributed by atoms with Crippen molar-refractivity contribution in [3.63, 3.8) is 0 Å².